The summed E-state index contributed by atoms with van der Waals surface area (Å²) in [5.74, 6) is 1.93. The molecule has 0 fully saturated rings. The number of hydrogen-bond donors (Lipinski definition) is 0. The van der Waals surface area contributed by atoms with E-state index in [4.69, 9.17) is 15.0 Å². The van der Waals surface area contributed by atoms with Crippen LogP contribution in [0.4, 0.5) is 0 Å². The van der Waals surface area contributed by atoms with Gasteiger partial charge in [-0.25, -0.2) is 15.0 Å². The van der Waals surface area contributed by atoms with Crippen molar-refractivity contribution >= 4 is 96.1 Å². The standard InChI is InChI=1S/C55H31N3S/c1-2-10-36(11-3-1)53-56-54(37-27-22-32(23-28-37)40-16-9-21-47-52(40)44-15-4-5-20-46(44)59-47)58-55(57-53)39-30-38-29-26-35-13-7-18-42-41-17-6-12-33-24-25-34-14-8-19-43(50(34)48(33)41)45(31-39)51(38)49(35)42/h1-31H. The van der Waals surface area contributed by atoms with Gasteiger partial charge in [-0.2, -0.15) is 0 Å². The highest BCUT2D eigenvalue weighted by atomic mass is 32.1. The SMILES string of the molecule is c1ccc(-c2nc(-c3ccc(-c4cccc5sc6ccccc6c45)cc3)nc(-c3cc4ccc5cccc6c7cccc8ccc9cccc(c(c3)c4c56)c9c87)n2)cc1. The Morgan fingerprint density at radius 1 is 0.271 bits per heavy atom. The van der Waals surface area contributed by atoms with Gasteiger partial charge in [-0.3, -0.25) is 0 Å². The minimum atomic E-state index is 0.643. The van der Waals surface area contributed by atoms with Gasteiger partial charge in [-0.05, 0) is 100 Å². The maximum absolute atomic E-state index is 5.29. The zero-order valence-corrected chi connectivity index (χ0v) is 32.5. The largest absolute Gasteiger partial charge is 0.208 e. The third kappa shape index (κ3) is 4.91. The monoisotopic (exact) mass is 765 g/mol. The molecule has 0 spiro atoms. The number of rotatable bonds is 4. The fraction of sp³-hybridized carbons (Fsp3) is 0. The molecule has 3 nitrogen and oxygen atoms in total. The van der Waals surface area contributed by atoms with E-state index in [-0.39, 0.29) is 0 Å². The van der Waals surface area contributed by atoms with Gasteiger partial charge in [0.2, 0.25) is 0 Å². The van der Waals surface area contributed by atoms with Crippen molar-refractivity contribution in [3.8, 4) is 45.3 Å². The molecule has 11 aromatic carbocycles. The summed E-state index contributed by atoms with van der Waals surface area (Å²) in [7, 11) is 0. The predicted molar refractivity (Wildman–Crippen MR) is 251 cm³/mol. The summed E-state index contributed by atoms with van der Waals surface area (Å²) in [5.41, 5.74) is 5.24. The maximum Gasteiger partial charge on any atom is 0.164 e. The molecule has 2 heterocycles. The lowest BCUT2D eigenvalue weighted by atomic mass is 9.87. The van der Waals surface area contributed by atoms with Crippen LogP contribution in [0.2, 0.25) is 0 Å². The van der Waals surface area contributed by atoms with Crippen LogP contribution >= 0.6 is 11.3 Å². The van der Waals surface area contributed by atoms with Crippen molar-refractivity contribution in [1.29, 1.82) is 0 Å². The van der Waals surface area contributed by atoms with Crippen molar-refractivity contribution in [2.75, 3.05) is 0 Å². The summed E-state index contributed by atoms with van der Waals surface area (Å²) in [6, 6.07) is 68.1. The van der Waals surface area contributed by atoms with Crippen LogP contribution in [0.15, 0.2) is 188 Å². The Hall–Kier alpha value is -7.53. The highest BCUT2D eigenvalue weighted by Gasteiger charge is 2.19. The fourth-order valence-corrected chi connectivity index (χ4v) is 10.7. The first-order valence-corrected chi connectivity index (χ1v) is 20.8. The van der Waals surface area contributed by atoms with Crippen LogP contribution in [-0.4, -0.2) is 15.0 Å². The van der Waals surface area contributed by atoms with Crippen molar-refractivity contribution in [2.45, 2.75) is 0 Å². The Labute approximate surface area is 342 Å². The summed E-state index contributed by atoms with van der Waals surface area (Å²) in [6.45, 7) is 0. The zero-order chi connectivity index (χ0) is 38.6. The molecular weight excluding hydrogens is 735 g/mol. The first-order chi connectivity index (χ1) is 29.2. The lowest BCUT2D eigenvalue weighted by Crippen LogP contribution is -2.00. The van der Waals surface area contributed by atoms with Gasteiger partial charge in [0.1, 0.15) is 0 Å². The molecular formula is C55H31N3S. The summed E-state index contributed by atoms with van der Waals surface area (Å²) >= 11 is 1.85. The Morgan fingerprint density at radius 3 is 1.41 bits per heavy atom. The summed E-state index contributed by atoms with van der Waals surface area (Å²) < 4.78 is 2.60. The number of thiophene rings is 1. The molecule has 0 unspecified atom stereocenters. The molecule has 0 N–H and O–H groups in total. The fourth-order valence-electron chi connectivity index (χ4n) is 9.58. The molecule has 0 amide bonds. The summed E-state index contributed by atoms with van der Waals surface area (Å²) in [6.07, 6.45) is 0. The minimum absolute atomic E-state index is 0.643. The van der Waals surface area contributed by atoms with Crippen LogP contribution in [0.3, 0.4) is 0 Å². The number of fused-ring (bicyclic) bond motifs is 5. The third-order valence-corrected chi connectivity index (χ3v) is 13.3. The highest BCUT2D eigenvalue weighted by molar-refractivity contribution is 7.25. The van der Waals surface area contributed by atoms with Crippen LogP contribution < -0.4 is 0 Å². The number of nitrogens with zero attached hydrogens (tertiary/aromatic N) is 3. The Balaban J connectivity index is 1.06. The molecule has 0 aliphatic heterocycles. The van der Waals surface area contributed by atoms with Crippen LogP contribution in [-0.2, 0) is 0 Å². The van der Waals surface area contributed by atoms with E-state index in [9.17, 15) is 0 Å². The molecule has 59 heavy (non-hydrogen) atoms. The van der Waals surface area contributed by atoms with Crippen LogP contribution in [0.5, 0.6) is 0 Å². The molecule has 0 saturated carbocycles. The van der Waals surface area contributed by atoms with E-state index in [1.807, 2.05) is 29.5 Å². The lowest BCUT2D eigenvalue weighted by Gasteiger charge is -2.17. The van der Waals surface area contributed by atoms with Crippen LogP contribution in [0, 0.1) is 0 Å². The number of benzene rings is 10. The van der Waals surface area contributed by atoms with E-state index in [1.165, 1.54) is 90.5 Å². The van der Waals surface area contributed by atoms with Gasteiger partial charge in [0.15, 0.2) is 17.5 Å². The Morgan fingerprint density at radius 2 is 0.746 bits per heavy atom. The first-order valence-electron chi connectivity index (χ1n) is 20.0. The molecule has 13 aromatic rings. The molecule has 272 valence electrons. The maximum atomic E-state index is 5.29. The van der Waals surface area contributed by atoms with Crippen molar-refractivity contribution in [1.82, 2.24) is 15.0 Å². The second-order valence-corrected chi connectivity index (χ2v) is 16.6. The molecule has 4 heteroatoms. The summed E-state index contributed by atoms with van der Waals surface area (Å²) in [5, 5.41) is 17.5. The number of hydrogen-bond acceptors (Lipinski definition) is 4. The predicted octanol–water partition coefficient (Wildman–Crippen LogP) is 15.3. The zero-order valence-electron chi connectivity index (χ0n) is 31.6. The minimum Gasteiger partial charge on any atom is -0.208 e. The lowest BCUT2D eigenvalue weighted by molar-refractivity contribution is 1.07. The molecule has 0 aliphatic rings. The van der Waals surface area contributed by atoms with Crippen molar-refractivity contribution in [3.05, 3.63) is 188 Å². The smallest absolute Gasteiger partial charge is 0.164 e. The van der Waals surface area contributed by atoms with Gasteiger partial charge >= 0.3 is 0 Å². The molecule has 0 atom stereocenters. The van der Waals surface area contributed by atoms with Gasteiger partial charge < -0.3 is 0 Å². The van der Waals surface area contributed by atoms with Gasteiger partial charge in [-0.1, -0.05) is 164 Å². The normalized spacial score (nSPS) is 12.1. The van der Waals surface area contributed by atoms with Crippen molar-refractivity contribution < 1.29 is 0 Å². The van der Waals surface area contributed by atoms with E-state index in [0.29, 0.717) is 17.5 Å². The van der Waals surface area contributed by atoms with Gasteiger partial charge in [0.05, 0.1) is 0 Å². The second kappa shape index (κ2) is 12.5. The van der Waals surface area contributed by atoms with Crippen LogP contribution in [0.25, 0.3) is 130 Å². The van der Waals surface area contributed by atoms with Gasteiger partial charge in [0, 0.05) is 36.9 Å². The van der Waals surface area contributed by atoms with E-state index in [1.54, 1.807) is 0 Å². The topological polar surface area (TPSA) is 38.7 Å². The second-order valence-electron chi connectivity index (χ2n) is 15.5. The van der Waals surface area contributed by atoms with Crippen molar-refractivity contribution in [3.63, 3.8) is 0 Å². The molecule has 0 radical (unpaired) electrons. The van der Waals surface area contributed by atoms with E-state index in [2.05, 4.69) is 170 Å². The third-order valence-electron chi connectivity index (χ3n) is 12.2. The summed E-state index contributed by atoms with van der Waals surface area (Å²) in [4.78, 5) is 15.6. The van der Waals surface area contributed by atoms with E-state index < -0.39 is 0 Å². The molecule has 13 rings (SSSR count). The Kier molecular flexibility index (Phi) is 6.89. The van der Waals surface area contributed by atoms with Crippen molar-refractivity contribution in [2.24, 2.45) is 0 Å². The molecule has 0 saturated heterocycles. The van der Waals surface area contributed by atoms with Gasteiger partial charge in [0.25, 0.3) is 0 Å². The average molecular weight is 766 g/mol. The molecule has 0 aliphatic carbocycles. The van der Waals surface area contributed by atoms with Gasteiger partial charge in [-0.15, -0.1) is 11.3 Å². The highest BCUT2D eigenvalue weighted by Crippen LogP contribution is 2.45. The quantitative estimate of drug-likeness (QED) is 0.168. The Bertz CT molecular complexity index is 3820. The molecule has 0 bridgehead atoms. The molecule has 2 aromatic heterocycles. The van der Waals surface area contributed by atoms with Crippen LogP contribution in [0.1, 0.15) is 0 Å². The first kappa shape index (κ1) is 32.5. The average Bonchev–Trinajstić information content (AvgIpc) is 3.69. The van der Waals surface area contributed by atoms with E-state index in [0.717, 1.165) is 22.1 Å². The van der Waals surface area contributed by atoms with E-state index >= 15 is 0 Å². The number of aromatic nitrogens is 3.